The Labute approximate surface area is 171 Å². The molecule has 1 atom stereocenters. The van der Waals surface area contributed by atoms with Crippen molar-refractivity contribution < 1.29 is 23.1 Å². The smallest absolute Gasteiger partial charge is 0.262 e. The minimum atomic E-state index is -3.35. The lowest BCUT2D eigenvalue weighted by Crippen LogP contribution is -2.25. The van der Waals surface area contributed by atoms with Gasteiger partial charge in [-0.2, -0.15) is 0 Å². The highest BCUT2D eigenvalue weighted by molar-refractivity contribution is 7.93. The summed E-state index contributed by atoms with van der Waals surface area (Å²) in [5.74, 6) is 0.467. The van der Waals surface area contributed by atoms with Gasteiger partial charge in [-0.3, -0.25) is 9.10 Å². The monoisotopic (exact) mass is 418 g/mol. The fourth-order valence-electron chi connectivity index (χ4n) is 3.28. The van der Waals surface area contributed by atoms with Gasteiger partial charge in [0.2, 0.25) is 10.0 Å². The average Bonchev–Trinajstić information content (AvgIpc) is 3.06. The topological polar surface area (TPSA) is 95.9 Å². The van der Waals surface area contributed by atoms with Crippen molar-refractivity contribution in [1.29, 1.82) is 0 Å². The largest absolute Gasteiger partial charge is 0.506 e. The van der Waals surface area contributed by atoms with Crippen molar-refractivity contribution >= 4 is 27.3 Å². The number of aromatic hydroxyl groups is 1. The Bertz CT molecular complexity index is 990. The third-order valence-corrected chi connectivity index (χ3v) is 6.93. The number of hydrogen-bond acceptors (Lipinski definition) is 5. The molecular weight excluding hydrogens is 392 g/mol. The lowest BCUT2D eigenvalue weighted by molar-refractivity contribution is -0.118. The SMILES string of the molecule is CCC(C)c1ccccc1OCC(=O)Nc1cc(N2CCCS2(=O)=O)ccc1O. The van der Waals surface area contributed by atoms with E-state index in [-0.39, 0.29) is 23.8 Å². The van der Waals surface area contributed by atoms with Crippen molar-refractivity contribution in [2.24, 2.45) is 0 Å². The van der Waals surface area contributed by atoms with E-state index in [1.54, 1.807) is 0 Å². The number of nitrogens with zero attached hydrogens (tertiary/aromatic N) is 1. The van der Waals surface area contributed by atoms with E-state index in [4.69, 9.17) is 4.74 Å². The number of carbonyl (C=O) groups excluding carboxylic acids is 1. The number of amides is 1. The third-order valence-electron chi connectivity index (χ3n) is 5.06. The summed E-state index contributed by atoms with van der Waals surface area (Å²) >= 11 is 0. The zero-order valence-corrected chi connectivity index (χ0v) is 17.4. The minimum Gasteiger partial charge on any atom is -0.506 e. The number of nitrogens with one attached hydrogen (secondary N) is 1. The van der Waals surface area contributed by atoms with Crippen LogP contribution in [0.25, 0.3) is 0 Å². The van der Waals surface area contributed by atoms with E-state index in [1.807, 2.05) is 24.3 Å². The van der Waals surface area contributed by atoms with Gasteiger partial charge in [-0.1, -0.05) is 32.0 Å². The molecule has 2 N–H and O–H groups in total. The second-order valence-corrected chi connectivity index (χ2v) is 9.14. The molecule has 3 rings (SSSR count). The molecule has 1 saturated heterocycles. The number of phenolic OH excluding ortho intramolecular Hbond substituents is 1. The summed E-state index contributed by atoms with van der Waals surface area (Å²) in [6, 6.07) is 11.9. The first-order chi connectivity index (χ1) is 13.8. The van der Waals surface area contributed by atoms with Crippen LogP contribution in [0, 0.1) is 0 Å². The first-order valence-corrected chi connectivity index (χ1v) is 11.3. The van der Waals surface area contributed by atoms with E-state index in [1.165, 1.54) is 22.5 Å². The maximum absolute atomic E-state index is 12.4. The van der Waals surface area contributed by atoms with Gasteiger partial charge in [0.15, 0.2) is 6.61 Å². The van der Waals surface area contributed by atoms with Gasteiger partial charge >= 0.3 is 0 Å². The van der Waals surface area contributed by atoms with Crippen molar-refractivity contribution in [3.05, 3.63) is 48.0 Å². The van der Waals surface area contributed by atoms with Gasteiger partial charge in [0.25, 0.3) is 5.91 Å². The molecule has 7 nitrogen and oxygen atoms in total. The lowest BCUT2D eigenvalue weighted by atomic mass is 9.98. The molecule has 156 valence electrons. The highest BCUT2D eigenvalue weighted by Gasteiger charge is 2.29. The van der Waals surface area contributed by atoms with Crippen LogP contribution in [-0.2, 0) is 14.8 Å². The molecule has 0 aromatic heterocycles. The second-order valence-electron chi connectivity index (χ2n) is 7.13. The molecule has 0 saturated carbocycles. The Morgan fingerprint density at radius 3 is 2.72 bits per heavy atom. The number of ether oxygens (including phenoxy) is 1. The predicted molar refractivity (Wildman–Crippen MR) is 113 cm³/mol. The molecule has 0 bridgehead atoms. The van der Waals surface area contributed by atoms with Crippen LogP contribution < -0.4 is 14.4 Å². The number of sulfonamides is 1. The lowest BCUT2D eigenvalue weighted by Gasteiger charge is -2.19. The van der Waals surface area contributed by atoms with Crippen molar-refractivity contribution in [2.75, 3.05) is 28.5 Å². The summed E-state index contributed by atoms with van der Waals surface area (Å²) in [6.45, 7) is 4.35. The molecule has 1 unspecified atom stereocenters. The van der Waals surface area contributed by atoms with Gasteiger partial charge in [-0.25, -0.2) is 8.42 Å². The van der Waals surface area contributed by atoms with Crippen molar-refractivity contribution in [3.63, 3.8) is 0 Å². The Hall–Kier alpha value is -2.74. The Kier molecular flexibility index (Phi) is 6.32. The van der Waals surface area contributed by atoms with Crippen LogP contribution in [0.15, 0.2) is 42.5 Å². The molecule has 0 radical (unpaired) electrons. The van der Waals surface area contributed by atoms with Crippen LogP contribution in [-0.4, -0.2) is 38.3 Å². The number of anilines is 2. The van der Waals surface area contributed by atoms with Crippen LogP contribution in [0.1, 0.15) is 38.2 Å². The number of para-hydroxylation sites is 1. The summed E-state index contributed by atoms with van der Waals surface area (Å²) in [4.78, 5) is 12.4. The van der Waals surface area contributed by atoms with Crippen molar-refractivity contribution in [1.82, 2.24) is 0 Å². The average molecular weight is 419 g/mol. The number of carbonyl (C=O) groups is 1. The number of benzene rings is 2. The van der Waals surface area contributed by atoms with Crippen LogP contribution in [0.3, 0.4) is 0 Å². The van der Waals surface area contributed by atoms with E-state index < -0.39 is 15.9 Å². The second kappa shape index (κ2) is 8.73. The molecular formula is C21H26N2O5S. The molecule has 1 amide bonds. The summed E-state index contributed by atoms with van der Waals surface area (Å²) in [7, 11) is -3.35. The Morgan fingerprint density at radius 1 is 1.28 bits per heavy atom. The van der Waals surface area contributed by atoms with Crippen LogP contribution >= 0.6 is 0 Å². The molecule has 0 spiro atoms. The van der Waals surface area contributed by atoms with Crippen LogP contribution in [0.4, 0.5) is 11.4 Å². The van der Waals surface area contributed by atoms with Gasteiger partial charge in [-0.05, 0) is 48.6 Å². The predicted octanol–water partition coefficient (Wildman–Crippen LogP) is 3.46. The standard InChI is InChI=1S/C21H26N2O5S/c1-3-15(2)17-7-4-5-8-20(17)28-14-21(25)22-18-13-16(9-10-19(18)24)23-11-6-12-29(23,26)27/h4-5,7-10,13,15,24H,3,6,11-12,14H2,1-2H3,(H,22,25). The number of hydrogen-bond donors (Lipinski definition) is 2. The molecule has 2 aromatic carbocycles. The van der Waals surface area contributed by atoms with E-state index in [0.717, 1.165) is 12.0 Å². The van der Waals surface area contributed by atoms with Crippen LogP contribution in [0.2, 0.25) is 0 Å². The normalized spacial score (nSPS) is 16.4. The highest BCUT2D eigenvalue weighted by atomic mass is 32.2. The van der Waals surface area contributed by atoms with E-state index in [2.05, 4.69) is 19.2 Å². The summed E-state index contributed by atoms with van der Waals surface area (Å²) in [5.41, 5.74) is 1.60. The molecule has 1 aliphatic rings. The first-order valence-electron chi connectivity index (χ1n) is 9.67. The first kappa shape index (κ1) is 21.0. The number of phenols is 1. The maximum Gasteiger partial charge on any atom is 0.262 e. The van der Waals surface area contributed by atoms with Gasteiger partial charge in [0.05, 0.1) is 17.1 Å². The zero-order valence-electron chi connectivity index (χ0n) is 16.6. The Morgan fingerprint density at radius 2 is 2.03 bits per heavy atom. The fourth-order valence-corrected chi connectivity index (χ4v) is 4.83. The minimum absolute atomic E-state index is 0.0962. The summed E-state index contributed by atoms with van der Waals surface area (Å²) < 4.78 is 31.2. The summed E-state index contributed by atoms with van der Waals surface area (Å²) in [5, 5.41) is 12.7. The third kappa shape index (κ3) is 4.82. The van der Waals surface area contributed by atoms with Crippen LogP contribution in [0.5, 0.6) is 11.5 Å². The molecule has 8 heteroatoms. The van der Waals surface area contributed by atoms with E-state index in [9.17, 15) is 18.3 Å². The fraction of sp³-hybridized carbons (Fsp3) is 0.381. The van der Waals surface area contributed by atoms with Gasteiger partial charge in [0.1, 0.15) is 11.5 Å². The molecule has 29 heavy (non-hydrogen) atoms. The highest BCUT2D eigenvalue weighted by Crippen LogP contribution is 2.32. The molecule has 1 heterocycles. The Balaban J connectivity index is 1.69. The van der Waals surface area contributed by atoms with Gasteiger partial charge in [0, 0.05) is 6.54 Å². The maximum atomic E-state index is 12.4. The van der Waals surface area contributed by atoms with Gasteiger partial charge in [-0.15, -0.1) is 0 Å². The quantitative estimate of drug-likeness (QED) is 0.672. The molecule has 0 aliphatic carbocycles. The van der Waals surface area contributed by atoms with Crippen molar-refractivity contribution in [2.45, 2.75) is 32.6 Å². The van der Waals surface area contributed by atoms with Gasteiger partial charge < -0.3 is 15.2 Å². The van der Waals surface area contributed by atoms with E-state index >= 15 is 0 Å². The van der Waals surface area contributed by atoms with E-state index in [0.29, 0.717) is 30.3 Å². The number of rotatable bonds is 7. The summed E-state index contributed by atoms with van der Waals surface area (Å²) in [6.07, 6.45) is 1.50. The zero-order chi connectivity index (χ0) is 21.0. The molecule has 1 fully saturated rings. The van der Waals surface area contributed by atoms with Crippen molar-refractivity contribution in [3.8, 4) is 11.5 Å². The molecule has 1 aliphatic heterocycles. The molecule has 2 aromatic rings.